The van der Waals surface area contributed by atoms with Crippen LogP contribution in [0.1, 0.15) is 5.56 Å². The van der Waals surface area contributed by atoms with Crippen LogP contribution in [0.15, 0.2) is 17.1 Å². The van der Waals surface area contributed by atoms with Crippen LogP contribution in [0.25, 0.3) is 0 Å². The molecule has 0 aliphatic carbocycles. The molecule has 1 heterocycles. The Bertz CT molecular complexity index is 357. The summed E-state index contributed by atoms with van der Waals surface area (Å²) in [6.45, 7) is -0.503. The molecule has 0 unspecified atom stereocenters. The van der Waals surface area contributed by atoms with Crippen LogP contribution in [-0.4, -0.2) is 15.0 Å². The summed E-state index contributed by atoms with van der Waals surface area (Å²) in [6, 6.07) is 1.04. The number of nitro groups is 1. The zero-order chi connectivity index (χ0) is 9.14. The van der Waals surface area contributed by atoms with Crippen molar-refractivity contribution in [3.8, 4) is 0 Å². The van der Waals surface area contributed by atoms with E-state index < -0.39 is 17.1 Å². The third-order valence-corrected chi connectivity index (χ3v) is 1.35. The summed E-state index contributed by atoms with van der Waals surface area (Å²) in [6.07, 6.45) is 0.988. The van der Waals surface area contributed by atoms with Crippen LogP contribution in [0.3, 0.4) is 0 Å². The van der Waals surface area contributed by atoms with Gasteiger partial charge in [-0.15, -0.1) is 0 Å². The van der Waals surface area contributed by atoms with Crippen molar-refractivity contribution in [2.24, 2.45) is 0 Å². The Hall–Kier alpha value is -1.69. The van der Waals surface area contributed by atoms with E-state index in [1.54, 1.807) is 0 Å². The van der Waals surface area contributed by atoms with Gasteiger partial charge in [-0.05, 0) is 0 Å². The van der Waals surface area contributed by atoms with Gasteiger partial charge in [-0.2, -0.15) is 0 Å². The molecule has 64 valence electrons. The van der Waals surface area contributed by atoms with Gasteiger partial charge in [-0.3, -0.25) is 14.9 Å². The molecule has 0 amide bonds. The van der Waals surface area contributed by atoms with E-state index in [1.165, 1.54) is 0 Å². The highest BCUT2D eigenvalue weighted by Crippen LogP contribution is 2.07. The molecule has 1 aromatic heterocycles. The van der Waals surface area contributed by atoms with Gasteiger partial charge in [0, 0.05) is 11.6 Å². The summed E-state index contributed by atoms with van der Waals surface area (Å²) in [5, 5.41) is 18.8. The summed E-state index contributed by atoms with van der Waals surface area (Å²) in [4.78, 5) is 22.5. The number of pyridine rings is 1. The van der Waals surface area contributed by atoms with Crippen molar-refractivity contribution < 1.29 is 10.0 Å². The van der Waals surface area contributed by atoms with E-state index in [2.05, 4.69) is 4.98 Å². The second-order valence-electron chi connectivity index (χ2n) is 2.13. The normalized spacial score (nSPS) is 9.75. The minimum absolute atomic E-state index is 0.01000. The fourth-order valence-electron chi connectivity index (χ4n) is 0.741. The first-order valence-electron chi connectivity index (χ1n) is 3.12. The maximum absolute atomic E-state index is 10.8. The lowest BCUT2D eigenvalue weighted by molar-refractivity contribution is -0.385. The van der Waals surface area contributed by atoms with Crippen molar-refractivity contribution in [3.05, 3.63) is 38.3 Å². The number of aliphatic hydroxyl groups excluding tert-OH is 1. The second-order valence-corrected chi connectivity index (χ2v) is 2.13. The third kappa shape index (κ3) is 1.48. The Morgan fingerprint density at radius 3 is 2.83 bits per heavy atom. The first-order valence-corrected chi connectivity index (χ1v) is 3.12. The molecular weight excluding hydrogens is 164 g/mol. The molecule has 0 bridgehead atoms. The number of rotatable bonds is 2. The van der Waals surface area contributed by atoms with E-state index in [-0.39, 0.29) is 11.3 Å². The fourth-order valence-corrected chi connectivity index (χ4v) is 0.741. The van der Waals surface area contributed by atoms with Crippen LogP contribution in [0.4, 0.5) is 5.69 Å². The zero-order valence-corrected chi connectivity index (χ0v) is 5.98. The lowest BCUT2D eigenvalue weighted by atomic mass is 10.3. The second kappa shape index (κ2) is 3.14. The number of aromatic amines is 1. The van der Waals surface area contributed by atoms with E-state index in [9.17, 15) is 14.9 Å². The molecule has 1 aromatic rings. The number of aliphatic hydroxyl groups is 1. The van der Waals surface area contributed by atoms with Crippen molar-refractivity contribution >= 4 is 5.69 Å². The number of hydrogen-bond acceptors (Lipinski definition) is 4. The highest BCUT2D eigenvalue weighted by Gasteiger charge is 2.07. The van der Waals surface area contributed by atoms with Gasteiger partial charge in [-0.1, -0.05) is 0 Å². The molecule has 0 fully saturated rings. The molecule has 0 saturated carbocycles. The summed E-state index contributed by atoms with van der Waals surface area (Å²) in [7, 11) is 0. The Balaban J connectivity index is 3.23. The average molecular weight is 170 g/mol. The predicted molar refractivity (Wildman–Crippen MR) is 39.6 cm³/mol. The molecule has 0 spiro atoms. The SMILES string of the molecule is O=c1[nH]cc([N+](=O)[O-])cc1CO. The van der Waals surface area contributed by atoms with Gasteiger partial charge in [0.1, 0.15) is 0 Å². The predicted octanol–water partition coefficient (Wildman–Crippen LogP) is -0.225. The molecule has 12 heavy (non-hydrogen) atoms. The molecular formula is C6H6N2O4. The van der Waals surface area contributed by atoms with Crippen LogP contribution in [0, 0.1) is 10.1 Å². The Morgan fingerprint density at radius 2 is 2.33 bits per heavy atom. The lowest BCUT2D eigenvalue weighted by Crippen LogP contribution is -2.12. The summed E-state index contributed by atoms with van der Waals surface area (Å²) >= 11 is 0. The van der Waals surface area contributed by atoms with Crippen molar-refractivity contribution in [2.45, 2.75) is 6.61 Å². The highest BCUT2D eigenvalue weighted by molar-refractivity contribution is 5.29. The highest BCUT2D eigenvalue weighted by atomic mass is 16.6. The molecule has 1 rings (SSSR count). The first kappa shape index (κ1) is 8.41. The minimum atomic E-state index is -0.644. The Labute approximate surface area is 66.6 Å². The van der Waals surface area contributed by atoms with Gasteiger partial charge in [0.15, 0.2) is 0 Å². The maximum atomic E-state index is 10.8. The first-order chi connectivity index (χ1) is 5.65. The zero-order valence-electron chi connectivity index (χ0n) is 5.98. The van der Waals surface area contributed by atoms with Crippen LogP contribution in [-0.2, 0) is 6.61 Å². The van der Waals surface area contributed by atoms with Gasteiger partial charge in [0.2, 0.25) is 0 Å². The molecule has 0 aliphatic heterocycles. The maximum Gasteiger partial charge on any atom is 0.285 e. The Morgan fingerprint density at radius 1 is 1.67 bits per heavy atom. The van der Waals surface area contributed by atoms with Crippen molar-refractivity contribution in [3.63, 3.8) is 0 Å². The summed E-state index contributed by atoms with van der Waals surface area (Å²) in [5.41, 5.74) is -0.758. The number of aromatic nitrogens is 1. The number of nitrogens with zero attached hydrogens (tertiary/aromatic N) is 1. The van der Waals surface area contributed by atoms with Crippen molar-refractivity contribution in [1.29, 1.82) is 0 Å². The summed E-state index contributed by atoms with van der Waals surface area (Å²) < 4.78 is 0. The number of H-pyrrole nitrogens is 1. The third-order valence-electron chi connectivity index (χ3n) is 1.35. The molecule has 0 aromatic carbocycles. The van der Waals surface area contributed by atoms with Gasteiger partial charge in [0.05, 0.1) is 17.7 Å². The average Bonchev–Trinajstić information content (AvgIpc) is 2.05. The molecule has 2 N–H and O–H groups in total. The van der Waals surface area contributed by atoms with E-state index in [4.69, 9.17) is 5.11 Å². The van der Waals surface area contributed by atoms with E-state index >= 15 is 0 Å². The molecule has 0 radical (unpaired) electrons. The quantitative estimate of drug-likeness (QED) is 0.473. The number of nitrogens with one attached hydrogen (secondary N) is 1. The molecule has 0 aliphatic rings. The molecule has 0 atom stereocenters. The van der Waals surface area contributed by atoms with Crippen molar-refractivity contribution in [1.82, 2.24) is 4.98 Å². The number of hydrogen-bond donors (Lipinski definition) is 2. The van der Waals surface area contributed by atoms with Crippen LogP contribution < -0.4 is 5.56 Å². The van der Waals surface area contributed by atoms with Crippen molar-refractivity contribution in [2.75, 3.05) is 0 Å². The van der Waals surface area contributed by atoms with Crippen LogP contribution in [0.2, 0.25) is 0 Å². The van der Waals surface area contributed by atoms with Gasteiger partial charge >= 0.3 is 0 Å². The van der Waals surface area contributed by atoms with E-state index in [0.29, 0.717) is 0 Å². The van der Waals surface area contributed by atoms with Crippen LogP contribution >= 0.6 is 0 Å². The van der Waals surface area contributed by atoms with E-state index in [1.807, 2.05) is 0 Å². The standard InChI is InChI=1S/C6H6N2O4/c9-3-4-1-5(8(11)12)2-7-6(4)10/h1-2,9H,3H2,(H,7,10). The minimum Gasteiger partial charge on any atom is -0.391 e. The monoisotopic (exact) mass is 170 g/mol. The van der Waals surface area contributed by atoms with Gasteiger partial charge in [-0.25, -0.2) is 0 Å². The largest absolute Gasteiger partial charge is 0.391 e. The molecule has 0 saturated heterocycles. The Kier molecular flexibility index (Phi) is 2.20. The van der Waals surface area contributed by atoms with Gasteiger partial charge in [0.25, 0.3) is 11.2 Å². The molecule has 6 heteroatoms. The molecule has 6 nitrogen and oxygen atoms in total. The summed E-state index contributed by atoms with van der Waals surface area (Å²) in [5.74, 6) is 0. The van der Waals surface area contributed by atoms with E-state index in [0.717, 1.165) is 12.3 Å². The lowest BCUT2D eigenvalue weighted by Gasteiger charge is -1.93. The smallest absolute Gasteiger partial charge is 0.285 e. The van der Waals surface area contributed by atoms with Crippen LogP contribution in [0.5, 0.6) is 0 Å². The van der Waals surface area contributed by atoms with Gasteiger partial charge < -0.3 is 10.1 Å². The fraction of sp³-hybridized carbons (Fsp3) is 0.167. The topological polar surface area (TPSA) is 96.2 Å².